The fourth-order valence-electron chi connectivity index (χ4n) is 4.54. The van der Waals surface area contributed by atoms with Gasteiger partial charge in [0.05, 0.1) is 23.9 Å². The second kappa shape index (κ2) is 9.34. The van der Waals surface area contributed by atoms with Crippen LogP contribution in [0.25, 0.3) is 0 Å². The minimum Gasteiger partial charge on any atom is -0.352 e. The van der Waals surface area contributed by atoms with Gasteiger partial charge in [0.1, 0.15) is 6.54 Å². The van der Waals surface area contributed by atoms with Gasteiger partial charge in [0.15, 0.2) is 0 Å². The Kier molecular flexibility index (Phi) is 6.53. The first kappa shape index (κ1) is 22.4. The molecule has 1 saturated heterocycles. The van der Waals surface area contributed by atoms with E-state index in [1.165, 1.54) is 9.80 Å². The molecule has 170 valence electrons. The van der Waals surface area contributed by atoms with Gasteiger partial charge in [-0.1, -0.05) is 35.9 Å². The Labute approximate surface area is 192 Å². The molecule has 4 amide bonds. The number of piperidine rings is 1. The van der Waals surface area contributed by atoms with Crippen LogP contribution < -0.4 is 10.6 Å². The molecule has 32 heavy (non-hydrogen) atoms. The zero-order valence-corrected chi connectivity index (χ0v) is 18.9. The fourth-order valence-corrected chi connectivity index (χ4v) is 4.79. The number of benzene rings is 1. The molecule has 0 aliphatic carbocycles. The maximum Gasteiger partial charge on any atom is 0.322 e. The largest absolute Gasteiger partial charge is 0.352 e. The molecule has 0 saturated carbocycles. The molecule has 8 nitrogen and oxygen atoms in total. The second-order valence-corrected chi connectivity index (χ2v) is 8.88. The zero-order chi connectivity index (χ0) is 22.8. The average Bonchev–Trinajstić information content (AvgIpc) is 3.08. The van der Waals surface area contributed by atoms with E-state index in [2.05, 4.69) is 29.2 Å². The van der Waals surface area contributed by atoms with E-state index >= 15 is 0 Å². The van der Waals surface area contributed by atoms with Crippen LogP contribution >= 0.6 is 11.6 Å². The van der Waals surface area contributed by atoms with Gasteiger partial charge in [-0.3, -0.25) is 14.5 Å². The lowest BCUT2D eigenvalue weighted by Gasteiger charge is -2.33. The number of hydrogen-bond donors (Lipinski definition) is 2. The number of urea groups is 1. The van der Waals surface area contributed by atoms with Crippen LogP contribution in [0.1, 0.15) is 24.4 Å². The molecule has 0 unspecified atom stereocenters. The van der Waals surface area contributed by atoms with Crippen molar-refractivity contribution in [2.45, 2.75) is 24.9 Å². The van der Waals surface area contributed by atoms with Gasteiger partial charge in [-0.05, 0) is 44.6 Å². The maximum absolute atomic E-state index is 13.4. The number of carbonyl (C=O) groups is 3. The Morgan fingerprint density at radius 3 is 2.69 bits per heavy atom. The number of halogens is 1. The third kappa shape index (κ3) is 4.38. The predicted octanol–water partition coefficient (Wildman–Crippen LogP) is 1.90. The van der Waals surface area contributed by atoms with E-state index in [0.29, 0.717) is 21.9 Å². The predicted molar refractivity (Wildman–Crippen MR) is 122 cm³/mol. The molecular weight excluding hydrogens is 430 g/mol. The minimum atomic E-state index is -0.665. The Hall–Kier alpha value is -2.84. The third-order valence-corrected chi connectivity index (χ3v) is 6.59. The lowest BCUT2D eigenvalue weighted by Crippen LogP contribution is -2.47. The van der Waals surface area contributed by atoms with Crippen LogP contribution in [-0.4, -0.2) is 78.4 Å². The van der Waals surface area contributed by atoms with Gasteiger partial charge in [-0.2, -0.15) is 0 Å². The minimum absolute atomic E-state index is 0.0520. The molecule has 4 rings (SSSR count). The molecule has 1 aromatic carbocycles. The number of nitrogens with zero attached hydrogens (tertiary/aromatic N) is 3. The summed E-state index contributed by atoms with van der Waals surface area (Å²) in [5.41, 5.74) is 1.70. The summed E-state index contributed by atoms with van der Waals surface area (Å²) in [6.45, 7) is 6.00. The summed E-state index contributed by atoms with van der Waals surface area (Å²) in [4.78, 5) is 44.2. The summed E-state index contributed by atoms with van der Waals surface area (Å²) >= 11 is 6.38. The van der Waals surface area contributed by atoms with Gasteiger partial charge in [0.25, 0.3) is 5.91 Å². The van der Waals surface area contributed by atoms with Crippen LogP contribution in [0.2, 0.25) is 5.02 Å². The number of rotatable bonds is 6. The second-order valence-electron chi connectivity index (χ2n) is 8.47. The van der Waals surface area contributed by atoms with Crippen LogP contribution in [0, 0.1) is 0 Å². The van der Waals surface area contributed by atoms with Crippen LogP contribution in [0.3, 0.4) is 0 Å². The van der Waals surface area contributed by atoms with Crippen molar-refractivity contribution in [3.05, 3.63) is 58.8 Å². The monoisotopic (exact) mass is 457 g/mol. The van der Waals surface area contributed by atoms with Crippen molar-refractivity contribution in [3.63, 3.8) is 0 Å². The molecule has 1 fully saturated rings. The Morgan fingerprint density at radius 2 is 2.00 bits per heavy atom. The number of carbonyl (C=O) groups excluding carboxylic acids is 3. The highest BCUT2D eigenvalue weighted by molar-refractivity contribution is 6.31. The summed E-state index contributed by atoms with van der Waals surface area (Å²) in [5.74, 6) is -0.450. The summed E-state index contributed by atoms with van der Waals surface area (Å²) in [6.07, 6.45) is 3.40. The van der Waals surface area contributed by atoms with Crippen molar-refractivity contribution >= 4 is 29.4 Å². The Balaban J connectivity index is 1.54. The highest BCUT2D eigenvalue weighted by atomic mass is 35.5. The first-order valence-electron chi connectivity index (χ1n) is 10.8. The molecule has 0 bridgehead atoms. The van der Waals surface area contributed by atoms with Crippen molar-refractivity contribution in [2.75, 3.05) is 39.8 Å². The first-order valence-corrected chi connectivity index (χ1v) is 11.2. The van der Waals surface area contributed by atoms with Gasteiger partial charge in [0.2, 0.25) is 5.91 Å². The molecule has 1 aromatic rings. The van der Waals surface area contributed by atoms with E-state index in [-0.39, 0.29) is 43.5 Å². The number of amides is 4. The maximum atomic E-state index is 13.4. The highest BCUT2D eigenvalue weighted by Crippen LogP contribution is 2.38. The first-order chi connectivity index (χ1) is 15.4. The lowest BCUT2D eigenvalue weighted by molar-refractivity contribution is -0.132. The molecule has 9 heteroatoms. The van der Waals surface area contributed by atoms with Gasteiger partial charge < -0.3 is 20.4 Å². The van der Waals surface area contributed by atoms with Crippen LogP contribution in [0.4, 0.5) is 4.79 Å². The zero-order valence-electron chi connectivity index (χ0n) is 18.1. The van der Waals surface area contributed by atoms with E-state index in [1.54, 1.807) is 24.3 Å². The quantitative estimate of drug-likeness (QED) is 0.639. The lowest BCUT2D eigenvalue weighted by atomic mass is 9.95. The molecular formula is C23H28ClN5O3. The smallest absolute Gasteiger partial charge is 0.322 e. The number of likely N-dealkylation sites (tertiary alicyclic amines) is 1. The molecule has 3 aliphatic rings. The number of hydrogen-bond acceptors (Lipinski definition) is 4. The van der Waals surface area contributed by atoms with Crippen molar-refractivity contribution in [1.29, 1.82) is 0 Å². The summed E-state index contributed by atoms with van der Waals surface area (Å²) in [7, 11) is 2.07. The van der Waals surface area contributed by atoms with Crippen LogP contribution in [0.5, 0.6) is 0 Å². The highest BCUT2D eigenvalue weighted by Gasteiger charge is 2.44. The van der Waals surface area contributed by atoms with Crippen LogP contribution in [-0.2, 0) is 9.59 Å². The van der Waals surface area contributed by atoms with Gasteiger partial charge in [-0.15, -0.1) is 6.58 Å². The fraction of sp³-hybridized carbons (Fsp3) is 0.435. The van der Waals surface area contributed by atoms with Crippen molar-refractivity contribution in [3.8, 4) is 0 Å². The van der Waals surface area contributed by atoms with E-state index in [1.807, 2.05) is 6.07 Å². The molecule has 0 aromatic heterocycles. The van der Waals surface area contributed by atoms with E-state index in [0.717, 1.165) is 25.9 Å². The molecule has 3 aliphatic heterocycles. The SMILES string of the molecule is C=CCN1C(=O)N[C@@H](c2ccccc2Cl)C2=C1CN(CC(=O)NC1CCN(C)CC1)C2=O. The summed E-state index contributed by atoms with van der Waals surface area (Å²) < 4.78 is 0. The van der Waals surface area contributed by atoms with Crippen LogP contribution in [0.15, 0.2) is 48.2 Å². The molecule has 3 heterocycles. The standard InChI is InChI=1S/C23H28ClN5O3/c1-3-10-29-18-13-28(14-19(30)25-15-8-11-27(2)12-9-15)22(31)20(18)21(26-23(29)32)16-6-4-5-7-17(16)24/h3-7,15,21H,1,8-14H2,2H3,(H,25,30)(H,26,32)/t21-/m0/s1. The summed E-state index contributed by atoms with van der Waals surface area (Å²) in [5, 5.41) is 6.42. The van der Waals surface area contributed by atoms with E-state index in [4.69, 9.17) is 11.6 Å². The van der Waals surface area contributed by atoms with Crippen molar-refractivity contribution in [1.82, 2.24) is 25.3 Å². The van der Waals surface area contributed by atoms with Crippen molar-refractivity contribution in [2.24, 2.45) is 0 Å². The van der Waals surface area contributed by atoms with Gasteiger partial charge >= 0.3 is 6.03 Å². The topological polar surface area (TPSA) is 85.0 Å². The van der Waals surface area contributed by atoms with Gasteiger partial charge in [0, 0.05) is 17.6 Å². The molecule has 0 radical (unpaired) electrons. The van der Waals surface area contributed by atoms with Gasteiger partial charge in [-0.25, -0.2) is 4.79 Å². The normalized spacial score (nSPS) is 22.1. The van der Waals surface area contributed by atoms with E-state index in [9.17, 15) is 14.4 Å². The number of nitrogens with one attached hydrogen (secondary N) is 2. The Bertz CT molecular complexity index is 970. The Morgan fingerprint density at radius 1 is 1.28 bits per heavy atom. The molecule has 0 spiro atoms. The molecule has 2 N–H and O–H groups in total. The van der Waals surface area contributed by atoms with Crippen molar-refractivity contribution < 1.29 is 14.4 Å². The van der Waals surface area contributed by atoms with E-state index < -0.39 is 6.04 Å². The summed E-state index contributed by atoms with van der Waals surface area (Å²) in [6, 6.07) is 6.27. The molecule has 1 atom stereocenters. The third-order valence-electron chi connectivity index (χ3n) is 6.24. The average molecular weight is 458 g/mol.